The lowest BCUT2D eigenvalue weighted by atomic mass is 10.2. The summed E-state index contributed by atoms with van der Waals surface area (Å²) in [7, 11) is 0. The molecule has 7 heteroatoms. The molecule has 2 rings (SSSR count). The molecule has 20 heavy (non-hydrogen) atoms. The number of carbonyl (C=O) groups excluding carboxylic acids is 1. The van der Waals surface area contributed by atoms with Crippen molar-refractivity contribution in [3.63, 3.8) is 0 Å². The molecule has 1 aliphatic rings. The number of rotatable bonds is 4. The molecule has 0 radical (unpaired) electrons. The standard InChI is InChI=1S/C13H20N4O.2ClH/c1-2-7-17-8-3-4-11(17)13(18)16-10-5-6-12(14)15-9-10;;/h5-6,9,11H,2-4,7-8H2,1H3,(H2,14,15)(H,16,18);2*1H. The first-order valence-electron chi connectivity index (χ1n) is 6.47. The predicted molar refractivity (Wildman–Crippen MR) is 86.7 cm³/mol. The molecule has 0 aromatic carbocycles. The zero-order valence-electron chi connectivity index (χ0n) is 11.5. The minimum Gasteiger partial charge on any atom is -0.384 e. The minimum atomic E-state index is 0. The lowest BCUT2D eigenvalue weighted by Crippen LogP contribution is -2.39. The Morgan fingerprint density at radius 3 is 2.85 bits per heavy atom. The summed E-state index contributed by atoms with van der Waals surface area (Å²) in [6.45, 7) is 4.14. The zero-order chi connectivity index (χ0) is 13.0. The zero-order valence-corrected chi connectivity index (χ0v) is 13.2. The van der Waals surface area contributed by atoms with E-state index in [1.165, 1.54) is 0 Å². The van der Waals surface area contributed by atoms with E-state index in [1.807, 2.05) is 0 Å². The van der Waals surface area contributed by atoms with Gasteiger partial charge >= 0.3 is 0 Å². The number of pyridine rings is 1. The lowest BCUT2D eigenvalue weighted by Gasteiger charge is -2.22. The molecule has 1 amide bonds. The van der Waals surface area contributed by atoms with Crippen molar-refractivity contribution in [1.29, 1.82) is 0 Å². The van der Waals surface area contributed by atoms with Crippen molar-refractivity contribution in [2.45, 2.75) is 32.2 Å². The van der Waals surface area contributed by atoms with Crippen LogP contribution in [0.4, 0.5) is 11.5 Å². The Labute approximate surface area is 132 Å². The smallest absolute Gasteiger partial charge is 0.241 e. The van der Waals surface area contributed by atoms with E-state index < -0.39 is 0 Å². The number of carbonyl (C=O) groups is 1. The Balaban J connectivity index is 0.00000180. The maximum Gasteiger partial charge on any atom is 0.241 e. The monoisotopic (exact) mass is 320 g/mol. The van der Waals surface area contributed by atoms with Crippen LogP contribution in [0.2, 0.25) is 0 Å². The molecule has 0 spiro atoms. The minimum absolute atomic E-state index is 0. The van der Waals surface area contributed by atoms with Gasteiger partial charge in [0.2, 0.25) is 5.91 Å². The molecule has 1 fully saturated rings. The number of nitrogen functional groups attached to an aromatic ring is 1. The van der Waals surface area contributed by atoms with Gasteiger partial charge < -0.3 is 11.1 Å². The highest BCUT2D eigenvalue weighted by atomic mass is 35.5. The highest BCUT2D eigenvalue weighted by Gasteiger charge is 2.29. The molecule has 1 saturated heterocycles. The number of anilines is 2. The topological polar surface area (TPSA) is 71.2 Å². The first kappa shape index (κ1) is 19.0. The fourth-order valence-electron chi connectivity index (χ4n) is 2.38. The number of aromatic nitrogens is 1. The van der Waals surface area contributed by atoms with Crippen LogP contribution in [-0.4, -0.2) is 34.9 Å². The predicted octanol–water partition coefficient (Wildman–Crippen LogP) is 2.32. The second-order valence-electron chi connectivity index (χ2n) is 4.65. The van der Waals surface area contributed by atoms with Crippen LogP contribution < -0.4 is 11.1 Å². The van der Waals surface area contributed by atoms with Crippen LogP contribution in [0, 0.1) is 0 Å². The van der Waals surface area contributed by atoms with E-state index in [9.17, 15) is 4.79 Å². The Bertz CT molecular complexity index is 413. The number of nitrogens with two attached hydrogens (primary N) is 1. The molecule has 3 N–H and O–H groups in total. The van der Waals surface area contributed by atoms with Crippen LogP contribution in [0.15, 0.2) is 18.3 Å². The van der Waals surface area contributed by atoms with Crippen molar-refractivity contribution < 1.29 is 4.79 Å². The lowest BCUT2D eigenvalue weighted by molar-refractivity contribution is -0.120. The van der Waals surface area contributed by atoms with E-state index >= 15 is 0 Å². The number of halogens is 2. The first-order valence-corrected chi connectivity index (χ1v) is 6.47. The van der Waals surface area contributed by atoms with E-state index in [0.29, 0.717) is 11.5 Å². The second kappa shape index (κ2) is 9.00. The molecule has 0 bridgehead atoms. The van der Waals surface area contributed by atoms with Crippen molar-refractivity contribution >= 4 is 42.2 Å². The normalized spacial score (nSPS) is 17.9. The number of nitrogens with zero attached hydrogens (tertiary/aromatic N) is 2. The maximum absolute atomic E-state index is 12.2. The van der Waals surface area contributed by atoms with Gasteiger partial charge in [0.05, 0.1) is 17.9 Å². The molecular weight excluding hydrogens is 299 g/mol. The van der Waals surface area contributed by atoms with Crippen LogP contribution in [0.25, 0.3) is 0 Å². The van der Waals surface area contributed by atoms with Gasteiger partial charge in [-0.3, -0.25) is 9.69 Å². The SMILES string of the molecule is CCCN1CCCC1C(=O)Nc1ccc(N)nc1.Cl.Cl. The number of amides is 1. The summed E-state index contributed by atoms with van der Waals surface area (Å²) in [6, 6.07) is 3.47. The van der Waals surface area contributed by atoms with E-state index in [0.717, 1.165) is 32.4 Å². The van der Waals surface area contributed by atoms with Crippen LogP contribution >= 0.6 is 24.8 Å². The van der Waals surface area contributed by atoms with Crippen LogP contribution in [0.3, 0.4) is 0 Å². The van der Waals surface area contributed by atoms with Gasteiger partial charge in [0, 0.05) is 0 Å². The van der Waals surface area contributed by atoms with Crippen molar-refractivity contribution in [1.82, 2.24) is 9.88 Å². The number of nitrogens with one attached hydrogen (secondary N) is 1. The Morgan fingerprint density at radius 1 is 1.50 bits per heavy atom. The van der Waals surface area contributed by atoms with Gasteiger partial charge in [-0.15, -0.1) is 24.8 Å². The van der Waals surface area contributed by atoms with Gasteiger partial charge in [-0.1, -0.05) is 6.92 Å². The fraction of sp³-hybridized carbons (Fsp3) is 0.538. The highest BCUT2D eigenvalue weighted by molar-refractivity contribution is 5.94. The van der Waals surface area contributed by atoms with E-state index in [4.69, 9.17) is 5.73 Å². The molecule has 1 atom stereocenters. The average Bonchev–Trinajstić information content (AvgIpc) is 2.81. The molecule has 1 aromatic rings. The molecule has 1 aromatic heterocycles. The molecule has 0 aliphatic carbocycles. The molecule has 114 valence electrons. The van der Waals surface area contributed by atoms with Crippen molar-refractivity contribution in [3.8, 4) is 0 Å². The summed E-state index contributed by atoms with van der Waals surface area (Å²) >= 11 is 0. The summed E-state index contributed by atoms with van der Waals surface area (Å²) < 4.78 is 0. The Hall–Kier alpha value is -1.04. The van der Waals surface area contributed by atoms with Gasteiger partial charge in [0.15, 0.2) is 0 Å². The Morgan fingerprint density at radius 2 is 2.25 bits per heavy atom. The third-order valence-corrected chi connectivity index (χ3v) is 3.23. The van der Waals surface area contributed by atoms with Gasteiger partial charge in [0.1, 0.15) is 5.82 Å². The van der Waals surface area contributed by atoms with Crippen LogP contribution in [0.1, 0.15) is 26.2 Å². The highest BCUT2D eigenvalue weighted by Crippen LogP contribution is 2.19. The third-order valence-electron chi connectivity index (χ3n) is 3.23. The van der Waals surface area contributed by atoms with Gasteiger partial charge in [0.25, 0.3) is 0 Å². The maximum atomic E-state index is 12.2. The summed E-state index contributed by atoms with van der Waals surface area (Å²) in [5, 5.41) is 2.90. The first-order chi connectivity index (χ1) is 8.70. The summed E-state index contributed by atoms with van der Waals surface area (Å²) in [5.74, 6) is 0.522. The molecule has 1 unspecified atom stereocenters. The molecule has 2 heterocycles. The largest absolute Gasteiger partial charge is 0.384 e. The van der Waals surface area contributed by atoms with Crippen molar-refractivity contribution in [3.05, 3.63) is 18.3 Å². The van der Waals surface area contributed by atoms with Gasteiger partial charge in [-0.2, -0.15) is 0 Å². The summed E-state index contributed by atoms with van der Waals surface area (Å²) in [4.78, 5) is 18.4. The van der Waals surface area contributed by atoms with Crippen molar-refractivity contribution in [2.24, 2.45) is 0 Å². The molecule has 5 nitrogen and oxygen atoms in total. The van der Waals surface area contributed by atoms with Crippen molar-refractivity contribution in [2.75, 3.05) is 24.1 Å². The van der Waals surface area contributed by atoms with Gasteiger partial charge in [-0.25, -0.2) is 4.98 Å². The van der Waals surface area contributed by atoms with Crippen LogP contribution in [-0.2, 0) is 4.79 Å². The molecule has 1 aliphatic heterocycles. The quantitative estimate of drug-likeness (QED) is 0.893. The van der Waals surface area contributed by atoms with Gasteiger partial charge in [-0.05, 0) is 44.5 Å². The number of hydrogen-bond acceptors (Lipinski definition) is 4. The molecule has 0 saturated carbocycles. The number of hydrogen-bond donors (Lipinski definition) is 2. The van der Waals surface area contributed by atoms with E-state index in [-0.39, 0.29) is 36.8 Å². The Kier molecular flexibility index (Phi) is 8.53. The number of likely N-dealkylation sites (tertiary alicyclic amines) is 1. The average molecular weight is 321 g/mol. The van der Waals surface area contributed by atoms with E-state index in [2.05, 4.69) is 22.1 Å². The molecular formula is C13H22Cl2N4O. The summed E-state index contributed by atoms with van der Waals surface area (Å²) in [6.07, 6.45) is 4.70. The fourth-order valence-corrected chi connectivity index (χ4v) is 2.38. The second-order valence-corrected chi connectivity index (χ2v) is 4.65. The third kappa shape index (κ3) is 4.81. The van der Waals surface area contributed by atoms with E-state index in [1.54, 1.807) is 18.3 Å². The summed E-state index contributed by atoms with van der Waals surface area (Å²) in [5.41, 5.74) is 6.22. The van der Waals surface area contributed by atoms with Crippen LogP contribution in [0.5, 0.6) is 0 Å².